The average Bonchev–Trinajstić information content (AvgIpc) is 2.40. The molecule has 1 aromatic rings. The van der Waals surface area contributed by atoms with Crippen LogP contribution in [0.1, 0.15) is 6.92 Å². The molecule has 2 heterocycles. The first-order chi connectivity index (χ1) is 9.84. The molecule has 1 fully saturated rings. The Hall–Kier alpha value is -1.52. The molecule has 0 unspecified atom stereocenters. The van der Waals surface area contributed by atoms with E-state index in [-0.39, 0.29) is 10.7 Å². The molecule has 0 radical (unpaired) electrons. The van der Waals surface area contributed by atoms with Crippen LogP contribution >= 0.6 is 15.9 Å². The zero-order valence-corrected chi connectivity index (χ0v) is 13.5. The van der Waals surface area contributed by atoms with E-state index in [0.29, 0.717) is 11.0 Å². The van der Waals surface area contributed by atoms with Gasteiger partial charge in [-0.1, -0.05) is 0 Å². The van der Waals surface area contributed by atoms with Gasteiger partial charge in [0.05, 0.1) is 13.1 Å². The van der Waals surface area contributed by atoms with Gasteiger partial charge in [-0.3, -0.25) is 14.9 Å². The molecular weight excluding hydrogens is 364 g/mol. The molecule has 1 saturated heterocycles. The minimum Gasteiger partial charge on any atom is -0.369 e. The van der Waals surface area contributed by atoms with E-state index in [9.17, 15) is 18.0 Å². The van der Waals surface area contributed by atoms with E-state index >= 15 is 0 Å². The predicted octanol–water partition coefficient (Wildman–Crippen LogP) is -0.0770. The van der Waals surface area contributed by atoms with Crippen LogP contribution in [0.4, 0.5) is 5.82 Å². The molecule has 0 spiro atoms. The molecule has 0 atom stereocenters. The molecule has 0 aliphatic carbocycles. The molecule has 114 valence electrons. The third-order valence-electron chi connectivity index (χ3n) is 2.70. The van der Waals surface area contributed by atoms with Gasteiger partial charge in [0.15, 0.2) is 0 Å². The molecule has 2 amide bonds. The molecule has 2 rings (SSSR count). The van der Waals surface area contributed by atoms with Gasteiger partial charge in [0, 0.05) is 17.2 Å². The summed E-state index contributed by atoms with van der Waals surface area (Å²) >= 11 is 3.17. The molecule has 8 nitrogen and oxygen atoms in total. The van der Waals surface area contributed by atoms with Crippen molar-refractivity contribution in [3.05, 3.63) is 16.7 Å². The number of pyridine rings is 1. The second-order valence-electron chi connectivity index (χ2n) is 4.28. The van der Waals surface area contributed by atoms with Crippen LogP contribution in [-0.2, 0) is 19.6 Å². The highest BCUT2D eigenvalue weighted by atomic mass is 79.9. The smallest absolute Gasteiger partial charge is 0.247 e. The number of halogens is 1. The van der Waals surface area contributed by atoms with Crippen molar-refractivity contribution in [2.24, 2.45) is 0 Å². The van der Waals surface area contributed by atoms with E-state index < -0.39 is 34.9 Å². The minimum atomic E-state index is -4.01. The lowest BCUT2D eigenvalue weighted by molar-refractivity contribution is -0.134. The number of carbonyl (C=O) groups is 2. The second kappa shape index (κ2) is 6.08. The van der Waals surface area contributed by atoms with Crippen LogP contribution < -0.4 is 10.6 Å². The van der Waals surface area contributed by atoms with Crippen molar-refractivity contribution >= 4 is 43.6 Å². The number of imide groups is 1. The van der Waals surface area contributed by atoms with Crippen LogP contribution in [0.5, 0.6) is 0 Å². The Balaban J connectivity index is 2.45. The quantitative estimate of drug-likeness (QED) is 0.711. The monoisotopic (exact) mass is 376 g/mol. The van der Waals surface area contributed by atoms with Gasteiger partial charge in [-0.05, 0) is 28.9 Å². The fraction of sp³-hybridized carbons (Fsp3) is 0.364. The van der Waals surface area contributed by atoms with Crippen LogP contribution in [0.3, 0.4) is 0 Å². The molecular formula is C11H13BrN4O4S. The van der Waals surface area contributed by atoms with E-state index in [1.165, 1.54) is 12.3 Å². The Kier molecular flexibility index (Phi) is 4.59. The first-order valence-electron chi connectivity index (χ1n) is 6.07. The van der Waals surface area contributed by atoms with Crippen molar-refractivity contribution in [3.63, 3.8) is 0 Å². The molecule has 1 aliphatic heterocycles. The van der Waals surface area contributed by atoms with Gasteiger partial charge in [-0.2, -0.15) is 4.31 Å². The summed E-state index contributed by atoms with van der Waals surface area (Å²) in [5.41, 5.74) is 0. The Bertz CT molecular complexity index is 675. The summed E-state index contributed by atoms with van der Waals surface area (Å²) < 4.78 is 26.6. The van der Waals surface area contributed by atoms with E-state index in [4.69, 9.17) is 0 Å². The maximum atomic E-state index is 12.6. The van der Waals surface area contributed by atoms with Crippen LogP contribution in [0.25, 0.3) is 0 Å². The average molecular weight is 377 g/mol. The lowest BCUT2D eigenvalue weighted by atomic mass is 10.4. The van der Waals surface area contributed by atoms with Gasteiger partial charge in [0.2, 0.25) is 21.8 Å². The summed E-state index contributed by atoms with van der Waals surface area (Å²) in [4.78, 5) is 26.7. The van der Waals surface area contributed by atoms with Crippen molar-refractivity contribution in [1.82, 2.24) is 14.6 Å². The van der Waals surface area contributed by atoms with Gasteiger partial charge >= 0.3 is 0 Å². The summed E-state index contributed by atoms with van der Waals surface area (Å²) in [7, 11) is -4.01. The first-order valence-corrected chi connectivity index (χ1v) is 8.30. The Morgan fingerprint density at radius 2 is 2.00 bits per heavy atom. The predicted molar refractivity (Wildman–Crippen MR) is 78.0 cm³/mol. The zero-order chi connectivity index (χ0) is 15.6. The number of amides is 2. The number of nitrogens with one attached hydrogen (secondary N) is 2. The van der Waals surface area contributed by atoms with Crippen molar-refractivity contribution in [2.45, 2.75) is 11.8 Å². The third kappa shape index (κ3) is 3.39. The number of piperazine rings is 1. The molecule has 1 aromatic heterocycles. The van der Waals surface area contributed by atoms with Gasteiger partial charge < -0.3 is 5.32 Å². The molecule has 0 aromatic carbocycles. The van der Waals surface area contributed by atoms with Gasteiger partial charge in [-0.25, -0.2) is 13.4 Å². The summed E-state index contributed by atoms with van der Waals surface area (Å²) in [6, 6.07) is 1.39. The fourth-order valence-electron chi connectivity index (χ4n) is 1.84. The van der Waals surface area contributed by atoms with Gasteiger partial charge in [0.25, 0.3) is 0 Å². The summed E-state index contributed by atoms with van der Waals surface area (Å²) in [5.74, 6) is -1.12. The van der Waals surface area contributed by atoms with Crippen molar-refractivity contribution in [3.8, 4) is 0 Å². The summed E-state index contributed by atoms with van der Waals surface area (Å²) in [6.45, 7) is 1.49. The Labute approximate surface area is 130 Å². The molecule has 0 saturated carbocycles. The van der Waals surface area contributed by atoms with Crippen molar-refractivity contribution in [2.75, 3.05) is 25.0 Å². The highest BCUT2D eigenvalue weighted by molar-refractivity contribution is 9.10. The number of hydrogen-bond acceptors (Lipinski definition) is 6. The SMILES string of the molecule is CCNc1ncc(Br)cc1S(=O)(=O)N1CC(=O)NC(=O)C1. The van der Waals surface area contributed by atoms with Crippen LogP contribution in [0, 0.1) is 0 Å². The van der Waals surface area contributed by atoms with Crippen LogP contribution in [-0.4, -0.2) is 49.2 Å². The number of sulfonamides is 1. The highest BCUT2D eigenvalue weighted by Crippen LogP contribution is 2.26. The number of aromatic nitrogens is 1. The second-order valence-corrected chi connectivity index (χ2v) is 7.10. The standard InChI is InChI=1S/C11H13BrN4O4S/c1-2-13-11-8(3-7(12)4-14-11)21(19,20)16-5-9(17)15-10(18)6-16/h3-4H,2,5-6H2,1H3,(H,13,14)(H,15,17,18). The van der Waals surface area contributed by atoms with Crippen molar-refractivity contribution in [1.29, 1.82) is 0 Å². The number of anilines is 1. The zero-order valence-electron chi connectivity index (χ0n) is 11.1. The number of hydrogen-bond donors (Lipinski definition) is 2. The highest BCUT2D eigenvalue weighted by Gasteiger charge is 2.34. The lowest BCUT2D eigenvalue weighted by Gasteiger charge is -2.25. The van der Waals surface area contributed by atoms with Gasteiger partial charge in [0.1, 0.15) is 10.7 Å². The van der Waals surface area contributed by atoms with Crippen LogP contribution in [0.15, 0.2) is 21.6 Å². The maximum Gasteiger partial charge on any atom is 0.247 e. The van der Waals surface area contributed by atoms with E-state index in [2.05, 4.69) is 31.5 Å². The Morgan fingerprint density at radius 1 is 1.38 bits per heavy atom. The molecule has 0 bridgehead atoms. The normalized spacial score (nSPS) is 16.7. The largest absolute Gasteiger partial charge is 0.369 e. The maximum absolute atomic E-state index is 12.6. The Morgan fingerprint density at radius 3 is 2.57 bits per heavy atom. The molecule has 21 heavy (non-hydrogen) atoms. The minimum absolute atomic E-state index is 0.0822. The summed E-state index contributed by atoms with van der Waals surface area (Å²) in [5, 5.41) is 4.91. The lowest BCUT2D eigenvalue weighted by Crippen LogP contribution is -2.53. The first kappa shape index (κ1) is 15.9. The van der Waals surface area contributed by atoms with Crippen molar-refractivity contribution < 1.29 is 18.0 Å². The summed E-state index contributed by atoms with van der Waals surface area (Å²) in [6.07, 6.45) is 1.46. The fourth-order valence-corrected chi connectivity index (χ4v) is 3.82. The molecule has 10 heteroatoms. The molecule has 2 N–H and O–H groups in total. The van der Waals surface area contributed by atoms with Gasteiger partial charge in [-0.15, -0.1) is 0 Å². The van der Waals surface area contributed by atoms with E-state index in [1.807, 2.05) is 0 Å². The third-order valence-corrected chi connectivity index (χ3v) is 4.94. The van der Waals surface area contributed by atoms with E-state index in [0.717, 1.165) is 4.31 Å². The molecule has 1 aliphatic rings. The number of nitrogens with zero attached hydrogens (tertiary/aromatic N) is 2. The van der Waals surface area contributed by atoms with E-state index in [1.54, 1.807) is 6.92 Å². The van der Waals surface area contributed by atoms with Crippen LogP contribution in [0.2, 0.25) is 0 Å². The number of rotatable bonds is 4. The topological polar surface area (TPSA) is 108 Å². The number of carbonyl (C=O) groups excluding carboxylic acids is 2.